The van der Waals surface area contributed by atoms with Gasteiger partial charge >= 0.3 is 0 Å². The Labute approximate surface area is 142 Å². The van der Waals surface area contributed by atoms with Crippen molar-refractivity contribution >= 4 is 17.4 Å². The summed E-state index contributed by atoms with van der Waals surface area (Å²) in [6.07, 6.45) is 9.80. The van der Waals surface area contributed by atoms with Gasteiger partial charge in [-0.2, -0.15) is 0 Å². The zero-order valence-corrected chi connectivity index (χ0v) is 14.2. The molecule has 0 aliphatic heterocycles. The number of hydrogen-bond donors (Lipinski definition) is 0. The summed E-state index contributed by atoms with van der Waals surface area (Å²) in [5, 5.41) is 0. The molecule has 0 unspecified atom stereocenters. The van der Waals surface area contributed by atoms with Gasteiger partial charge in [-0.15, -0.1) is 0 Å². The van der Waals surface area contributed by atoms with E-state index in [0.717, 1.165) is 19.3 Å². The highest BCUT2D eigenvalue weighted by Crippen LogP contribution is 2.17. The largest absolute Gasteiger partial charge is 0.330 e. The Morgan fingerprint density at radius 2 is 1.96 bits per heavy atom. The molecule has 1 aromatic heterocycles. The quantitative estimate of drug-likeness (QED) is 0.549. The molecule has 5 nitrogen and oxygen atoms in total. The zero-order valence-electron chi connectivity index (χ0n) is 14.2. The highest BCUT2D eigenvalue weighted by molar-refractivity contribution is 6.06. The van der Waals surface area contributed by atoms with Crippen LogP contribution >= 0.6 is 0 Å². The van der Waals surface area contributed by atoms with E-state index in [-0.39, 0.29) is 11.7 Å². The molecule has 0 atom stereocenters. The van der Waals surface area contributed by atoms with Gasteiger partial charge in [0.1, 0.15) is 0 Å². The maximum Gasteiger partial charge on any atom is 0.298 e. The molecule has 24 heavy (non-hydrogen) atoms. The molecule has 1 amide bonds. The number of nitrogens with zero attached hydrogens (tertiary/aromatic N) is 3. The topological polar surface area (TPSA) is 55.2 Å². The molecule has 0 aliphatic rings. The normalized spacial score (nSPS) is 10.9. The van der Waals surface area contributed by atoms with Gasteiger partial charge in [0.05, 0.1) is 0 Å². The summed E-state index contributed by atoms with van der Waals surface area (Å²) in [5.41, 5.74) is 0.697. The Morgan fingerprint density at radius 1 is 1.21 bits per heavy atom. The summed E-state index contributed by atoms with van der Waals surface area (Å²) in [5.74, 6) is 0.0743. The van der Waals surface area contributed by atoms with E-state index in [2.05, 4.69) is 11.9 Å². The van der Waals surface area contributed by atoms with Crippen molar-refractivity contribution in [2.24, 2.45) is 7.05 Å². The molecule has 5 heteroatoms. The van der Waals surface area contributed by atoms with E-state index in [1.807, 2.05) is 30.3 Å². The number of amides is 1. The average molecular weight is 325 g/mol. The smallest absolute Gasteiger partial charge is 0.298 e. The van der Waals surface area contributed by atoms with Crippen LogP contribution in [0.25, 0.3) is 0 Å². The summed E-state index contributed by atoms with van der Waals surface area (Å²) < 4.78 is 1.66. The summed E-state index contributed by atoms with van der Waals surface area (Å²) in [7, 11) is 1.77. The van der Waals surface area contributed by atoms with Crippen LogP contribution in [0.3, 0.4) is 0 Å². The minimum atomic E-state index is -0.272. The Kier molecular flexibility index (Phi) is 6.49. The van der Waals surface area contributed by atoms with E-state index in [1.165, 1.54) is 11.0 Å². The van der Waals surface area contributed by atoms with Crippen molar-refractivity contribution in [3.05, 3.63) is 60.8 Å². The third-order valence-corrected chi connectivity index (χ3v) is 3.70. The molecule has 1 aromatic carbocycles. The lowest BCUT2D eigenvalue weighted by Crippen LogP contribution is -2.28. The number of rotatable bonds is 8. The van der Waals surface area contributed by atoms with Crippen LogP contribution in [0.2, 0.25) is 0 Å². The van der Waals surface area contributed by atoms with Crippen LogP contribution in [0.15, 0.2) is 55.0 Å². The summed E-state index contributed by atoms with van der Waals surface area (Å²) in [6.45, 7) is 2.10. The van der Waals surface area contributed by atoms with Crippen molar-refractivity contribution in [2.75, 3.05) is 4.90 Å². The van der Waals surface area contributed by atoms with E-state index in [9.17, 15) is 9.59 Å². The van der Waals surface area contributed by atoms with Gasteiger partial charge in [0.2, 0.25) is 0 Å². The molecule has 2 aromatic rings. The van der Waals surface area contributed by atoms with E-state index in [4.69, 9.17) is 0 Å². The fourth-order valence-electron chi connectivity index (χ4n) is 2.33. The van der Waals surface area contributed by atoms with Crippen LogP contribution in [0.4, 0.5) is 5.69 Å². The van der Waals surface area contributed by atoms with Crippen molar-refractivity contribution < 1.29 is 9.59 Å². The number of aromatic nitrogens is 2. The van der Waals surface area contributed by atoms with Crippen molar-refractivity contribution in [1.82, 2.24) is 9.55 Å². The summed E-state index contributed by atoms with van der Waals surface area (Å²) in [6, 6.07) is 9.24. The van der Waals surface area contributed by atoms with Crippen LogP contribution in [0.5, 0.6) is 0 Å². The number of allylic oxidation sites excluding steroid dienone is 1. The molecule has 0 fully saturated rings. The van der Waals surface area contributed by atoms with E-state index < -0.39 is 0 Å². The van der Waals surface area contributed by atoms with E-state index in [1.54, 1.807) is 30.2 Å². The van der Waals surface area contributed by atoms with Crippen LogP contribution in [-0.2, 0) is 11.8 Å². The number of aryl methyl sites for hydroxylation is 1. The lowest BCUT2D eigenvalue weighted by molar-refractivity contribution is -0.114. The predicted molar refractivity (Wildman–Crippen MR) is 94.7 cm³/mol. The first-order valence-corrected chi connectivity index (χ1v) is 8.20. The minimum absolute atomic E-state index is 0.0250. The molecule has 0 spiro atoms. The lowest BCUT2D eigenvalue weighted by atomic mass is 10.1. The average Bonchev–Trinajstić information content (AvgIpc) is 3.02. The third kappa shape index (κ3) is 4.65. The second-order valence-electron chi connectivity index (χ2n) is 5.61. The van der Waals surface area contributed by atoms with Gasteiger partial charge in [0.25, 0.3) is 5.91 Å². The number of carbonyl (C=O) groups is 2. The first-order valence-electron chi connectivity index (χ1n) is 8.20. The zero-order chi connectivity index (χ0) is 17.4. The van der Waals surface area contributed by atoms with E-state index in [0.29, 0.717) is 17.9 Å². The fraction of sp³-hybridized carbons (Fsp3) is 0.316. The van der Waals surface area contributed by atoms with Gasteiger partial charge in [-0.25, -0.2) is 4.98 Å². The molecular weight excluding hydrogens is 302 g/mol. The first kappa shape index (κ1) is 17.7. The Balaban J connectivity index is 2.20. The fourth-order valence-corrected chi connectivity index (χ4v) is 2.33. The summed E-state index contributed by atoms with van der Waals surface area (Å²) in [4.78, 5) is 30.3. The van der Waals surface area contributed by atoms with Crippen molar-refractivity contribution in [3.63, 3.8) is 0 Å². The highest BCUT2D eigenvalue weighted by atomic mass is 16.2. The number of benzene rings is 1. The molecule has 0 N–H and O–H groups in total. The number of ketones is 1. The highest BCUT2D eigenvalue weighted by Gasteiger charge is 2.19. The number of imidazole rings is 1. The molecule has 0 saturated heterocycles. The molecule has 0 bridgehead atoms. The molecule has 126 valence electrons. The van der Waals surface area contributed by atoms with Crippen molar-refractivity contribution in [2.45, 2.75) is 32.6 Å². The van der Waals surface area contributed by atoms with Crippen molar-refractivity contribution in [3.8, 4) is 0 Å². The molecule has 2 rings (SSSR count). The molecule has 1 heterocycles. The van der Waals surface area contributed by atoms with E-state index >= 15 is 0 Å². The monoisotopic (exact) mass is 325 g/mol. The second-order valence-corrected chi connectivity index (χ2v) is 5.61. The molecule has 0 radical (unpaired) electrons. The second kappa shape index (κ2) is 8.82. The molecular formula is C19H23N3O2. The van der Waals surface area contributed by atoms with Crippen LogP contribution in [0.1, 0.15) is 43.2 Å². The maximum atomic E-state index is 12.8. The number of para-hydroxylation sites is 1. The van der Waals surface area contributed by atoms with Crippen LogP contribution in [0, 0.1) is 0 Å². The third-order valence-electron chi connectivity index (χ3n) is 3.70. The van der Waals surface area contributed by atoms with Gasteiger partial charge in [0.15, 0.2) is 11.6 Å². The van der Waals surface area contributed by atoms with Crippen molar-refractivity contribution in [1.29, 1.82) is 0 Å². The maximum absolute atomic E-state index is 12.8. The number of carbonyl (C=O) groups excluding carboxylic acids is 2. The Bertz CT molecular complexity index is 704. The molecule has 0 aliphatic carbocycles. The van der Waals surface area contributed by atoms with Crippen LogP contribution < -0.4 is 4.90 Å². The summed E-state index contributed by atoms with van der Waals surface area (Å²) >= 11 is 0. The lowest BCUT2D eigenvalue weighted by Gasteiger charge is -2.18. The Hall–Kier alpha value is -2.69. The number of anilines is 1. The van der Waals surface area contributed by atoms with Gasteiger partial charge < -0.3 is 4.57 Å². The van der Waals surface area contributed by atoms with Crippen LogP contribution in [-0.4, -0.2) is 21.2 Å². The predicted octanol–water partition coefficient (Wildman–Crippen LogP) is 3.73. The molecule has 0 saturated carbocycles. The van der Waals surface area contributed by atoms with Gasteiger partial charge in [-0.3, -0.25) is 14.5 Å². The minimum Gasteiger partial charge on any atom is -0.330 e. The first-order chi connectivity index (χ1) is 11.6. The van der Waals surface area contributed by atoms with Gasteiger partial charge in [-0.1, -0.05) is 38.0 Å². The Morgan fingerprint density at radius 3 is 2.58 bits per heavy atom. The SMILES string of the molecule is CCCCCC(=O)/C=C/N(C(=O)c1nccn1C)c1ccccc1. The number of hydrogen-bond acceptors (Lipinski definition) is 3. The standard InChI is InChI=1S/C19H23N3O2/c1-3-4-6-11-17(23)12-14-22(16-9-7-5-8-10-16)19(24)18-20-13-15-21(18)2/h5,7-10,12-15H,3-4,6,11H2,1-2H3/b14-12+. The van der Waals surface area contributed by atoms with Gasteiger partial charge in [-0.05, 0) is 24.6 Å². The number of unbranched alkanes of at least 4 members (excludes halogenated alkanes) is 2. The van der Waals surface area contributed by atoms with Gasteiger partial charge in [0, 0.05) is 37.7 Å².